The second-order valence-corrected chi connectivity index (χ2v) is 5.56. The Balaban J connectivity index is 1.87. The number of hydrogen-bond acceptors (Lipinski definition) is 4. The van der Waals surface area contributed by atoms with Crippen LogP contribution in [0.5, 0.6) is 0 Å². The molecule has 0 aromatic carbocycles. The zero-order valence-corrected chi connectivity index (χ0v) is 11.4. The lowest BCUT2D eigenvalue weighted by Crippen LogP contribution is -2.46. The van der Waals surface area contributed by atoms with E-state index >= 15 is 0 Å². The van der Waals surface area contributed by atoms with Crippen molar-refractivity contribution in [3.05, 3.63) is 18.0 Å². The van der Waals surface area contributed by atoms with Crippen molar-refractivity contribution in [1.29, 1.82) is 0 Å². The van der Waals surface area contributed by atoms with Gasteiger partial charge < -0.3 is 16.0 Å². The van der Waals surface area contributed by atoms with Gasteiger partial charge in [0.2, 0.25) is 0 Å². The number of hydrogen-bond donors (Lipinski definition) is 3. The largest absolute Gasteiger partial charge is 0.384 e. The average molecular weight is 259 g/mol. The van der Waals surface area contributed by atoms with Crippen molar-refractivity contribution < 1.29 is 0 Å². The van der Waals surface area contributed by atoms with E-state index in [0.717, 1.165) is 23.4 Å². The Morgan fingerprint density at radius 3 is 2.79 bits per heavy atom. The zero-order chi connectivity index (χ0) is 13.3. The number of nitrogens with zero attached hydrogens (tertiary/aromatic N) is 2. The Kier molecular flexibility index (Phi) is 3.14. The Morgan fingerprint density at radius 2 is 2.05 bits per heavy atom. The molecule has 2 aromatic heterocycles. The second-order valence-electron chi connectivity index (χ2n) is 5.56. The first-order chi connectivity index (χ1) is 9.21. The van der Waals surface area contributed by atoms with E-state index < -0.39 is 0 Å². The molecule has 1 aliphatic rings. The maximum Gasteiger partial charge on any atom is 0.179 e. The molecule has 0 amide bonds. The number of nitrogens with one attached hydrogen (secondary N) is 2. The number of likely N-dealkylation sites (N-methyl/N-ethyl adjacent to an activating group) is 1. The average Bonchev–Trinajstić information content (AvgIpc) is 2.81. The van der Waals surface area contributed by atoms with Crippen molar-refractivity contribution in [2.24, 2.45) is 0 Å². The molecule has 0 radical (unpaired) electrons. The van der Waals surface area contributed by atoms with Crippen LogP contribution in [0.2, 0.25) is 0 Å². The molecule has 1 saturated carbocycles. The third-order valence-corrected chi connectivity index (χ3v) is 4.26. The number of rotatable bonds is 3. The van der Waals surface area contributed by atoms with Crippen LogP contribution < -0.4 is 11.1 Å². The minimum absolute atomic E-state index is 0.192. The molecular weight excluding hydrogens is 238 g/mol. The van der Waals surface area contributed by atoms with E-state index in [9.17, 15) is 0 Å². The lowest BCUT2D eigenvalue weighted by atomic mass is 9.79. The fraction of sp³-hybridized carbons (Fsp3) is 0.571. The number of fused-ring (bicyclic) bond motifs is 1. The number of H-pyrrole nitrogens is 1. The molecule has 2 heterocycles. The molecule has 2 aromatic rings. The van der Waals surface area contributed by atoms with Gasteiger partial charge in [0.1, 0.15) is 11.6 Å². The standard InChI is InChI=1S/C14H21N5/c1-16-14(7-3-2-4-8-14)9-12-17-10-5-6-11(15)18-13(10)19-12/h5-6,16H,2-4,7-9H2,1H3,(H3,15,17,18,19). The van der Waals surface area contributed by atoms with E-state index in [-0.39, 0.29) is 5.54 Å². The number of nitrogen functional groups attached to an aromatic ring is 1. The highest BCUT2D eigenvalue weighted by atomic mass is 15.0. The third-order valence-electron chi connectivity index (χ3n) is 4.26. The quantitative estimate of drug-likeness (QED) is 0.787. The molecule has 0 unspecified atom stereocenters. The van der Waals surface area contributed by atoms with Crippen LogP contribution in [-0.2, 0) is 6.42 Å². The van der Waals surface area contributed by atoms with Gasteiger partial charge in [-0.2, -0.15) is 0 Å². The van der Waals surface area contributed by atoms with Gasteiger partial charge in [0.05, 0.1) is 5.52 Å². The first-order valence-electron chi connectivity index (χ1n) is 7.01. The Hall–Kier alpha value is -1.62. The van der Waals surface area contributed by atoms with Gasteiger partial charge >= 0.3 is 0 Å². The van der Waals surface area contributed by atoms with E-state index in [1.165, 1.54) is 32.1 Å². The van der Waals surface area contributed by atoms with Crippen molar-refractivity contribution in [3.63, 3.8) is 0 Å². The van der Waals surface area contributed by atoms with Crippen LogP contribution in [0.1, 0.15) is 37.9 Å². The normalized spacial score (nSPS) is 18.8. The molecular formula is C14H21N5. The van der Waals surface area contributed by atoms with Gasteiger partial charge in [0, 0.05) is 12.0 Å². The first-order valence-corrected chi connectivity index (χ1v) is 7.01. The van der Waals surface area contributed by atoms with Crippen LogP contribution in [0, 0.1) is 0 Å². The molecule has 1 fully saturated rings. The highest BCUT2D eigenvalue weighted by molar-refractivity contribution is 5.72. The van der Waals surface area contributed by atoms with Crippen molar-refractivity contribution in [1.82, 2.24) is 20.3 Å². The number of aromatic amines is 1. The number of nitrogens with two attached hydrogens (primary N) is 1. The lowest BCUT2D eigenvalue weighted by molar-refractivity contribution is 0.241. The number of aromatic nitrogens is 3. The topological polar surface area (TPSA) is 79.6 Å². The number of anilines is 1. The fourth-order valence-electron chi connectivity index (χ4n) is 3.11. The van der Waals surface area contributed by atoms with E-state index in [2.05, 4.69) is 27.3 Å². The van der Waals surface area contributed by atoms with Gasteiger partial charge in [-0.1, -0.05) is 19.3 Å². The summed E-state index contributed by atoms with van der Waals surface area (Å²) in [5.74, 6) is 1.52. The molecule has 4 N–H and O–H groups in total. The number of pyridine rings is 1. The monoisotopic (exact) mass is 259 g/mol. The zero-order valence-electron chi connectivity index (χ0n) is 11.4. The lowest BCUT2D eigenvalue weighted by Gasteiger charge is -2.36. The van der Waals surface area contributed by atoms with Crippen LogP contribution >= 0.6 is 0 Å². The molecule has 1 aliphatic carbocycles. The van der Waals surface area contributed by atoms with Crippen LogP contribution in [0.25, 0.3) is 11.2 Å². The summed E-state index contributed by atoms with van der Waals surface area (Å²) < 4.78 is 0. The molecule has 0 aliphatic heterocycles. The summed E-state index contributed by atoms with van der Waals surface area (Å²) in [5, 5.41) is 3.52. The molecule has 5 heteroatoms. The van der Waals surface area contributed by atoms with E-state index in [0.29, 0.717) is 5.82 Å². The molecule has 19 heavy (non-hydrogen) atoms. The summed E-state index contributed by atoms with van der Waals surface area (Å²) in [4.78, 5) is 12.2. The molecule has 0 saturated heterocycles. The fourth-order valence-corrected chi connectivity index (χ4v) is 3.11. The van der Waals surface area contributed by atoms with Gasteiger partial charge in [-0.25, -0.2) is 9.97 Å². The smallest absolute Gasteiger partial charge is 0.179 e. The molecule has 102 valence electrons. The minimum atomic E-state index is 0.192. The summed E-state index contributed by atoms with van der Waals surface area (Å²) in [6.45, 7) is 0. The van der Waals surface area contributed by atoms with Crippen LogP contribution in [-0.4, -0.2) is 27.5 Å². The summed E-state index contributed by atoms with van der Waals surface area (Å²) in [5.41, 5.74) is 7.57. The van der Waals surface area contributed by atoms with Crippen molar-refractivity contribution in [2.45, 2.75) is 44.1 Å². The minimum Gasteiger partial charge on any atom is -0.384 e. The van der Waals surface area contributed by atoms with E-state index in [1.54, 1.807) is 6.07 Å². The highest BCUT2D eigenvalue weighted by Crippen LogP contribution is 2.30. The molecule has 3 rings (SSSR count). The maximum absolute atomic E-state index is 5.69. The molecule has 0 bridgehead atoms. The summed E-state index contributed by atoms with van der Waals surface area (Å²) in [6, 6.07) is 3.75. The Morgan fingerprint density at radius 1 is 1.26 bits per heavy atom. The summed E-state index contributed by atoms with van der Waals surface area (Å²) in [6.07, 6.45) is 7.31. The highest BCUT2D eigenvalue weighted by Gasteiger charge is 2.31. The van der Waals surface area contributed by atoms with E-state index in [4.69, 9.17) is 5.73 Å². The summed E-state index contributed by atoms with van der Waals surface area (Å²) in [7, 11) is 2.06. The van der Waals surface area contributed by atoms with Crippen LogP contribution in [0.3, 0.4) is 0 Å². The van der Waals surface area contributed by atoms with Gasteiger partial charge in [0.25, 0.3) is 0 Å². The second kappa shape index (κ2) is 4.81. The Bertz CT molecular complexity index is 568. The number of imidazole rings is 1. The van der Waals surface area contributed by atoms with E-state index in [1.807, 2.05) is 6.07 Å². The first kappa shape index (κ1) is 12.4. The maximum atomic E-state index is 5.69. The Labute approximate surface area is 113 Å². The third kappa shape index (κ3) is 2.42. The molecule has 0 atom stereocenters. The predicted octanol–water partition coefficient (Wildman–Crippen LogP) is 2.00. The van der Waals surface area contributed by atoms with Gasteiger partial charge in [0.15, 0.2) is 5.65 Å². The SMILES string of the molecule is CNC1(Cc2nc3nc(N)ccc3[nH]2)CCCCC1. The molecule has 5 nitrogen and oxygen atoms in total. The van der Waals surface area contributed by atoms with Gasteiger partial charge in [-0.15, -0.1) is 0 Å². The summed E-state index contributed by atoms with van der Waals surface area (Å²) >= 11 is 0. The van der Waals surface area contributed by atoms with Gasteiger partial charge in [-0.3, -0.25) is 0 Å². The van der Waals surface area contributed by atoms with Gasteiger partial charge in [-0.05, 0) is 32.0 Å². The van der Waals surface area contributed by atoms with Crippen molar-refractivity contribution in [3.8, 4) is 0 Å². The van der Waals surface area contributed by atoms with Crippen molar-refractivity contribution >= 4 is 17.0 Å². The molecule has 0 spiro atoms. The van der Waals surface area contributed by atoms with Crippen LogP contribution in [0.15, 0.2) is 12.1 Å². The van der Waals surface area contributed by atoms with Crippen molar-refractivity contribution in [2.75, 3.05) is 12.8 Å². The predicted molar refractivity (Wildman–Crippen MR) is 76.9 cm³/mol. The van der Waals surface area contributed by atoms with Crippen LogP contribution in [0.4, 0.5) is 5.82 Å².